The Balaban J connectivity index is 2.92. The molecule has 0 aliphatic heterocycles. The molecule has 1 N–H and O–H groups in total. The lowest BCUT2D eigenvalue weighted by molar-refractivity contribution is 0.0933. The van der Waals surface area contributed by atoms with Gasteiger partial charge in [-0.25, -0.2) is 0 Å². The van der Waals surface area contributed by atoms with Gasteiger partial charge in [0.15, 0.2) is 0 Å². The number of benzene rings is 1. The highest BCUT2D eigenvalue weighted by molar-refractivity contribution is 7.51. The van der Waals surface area contributed by atoms with Crippen LogP contribution in [0.15, 0.2) is 30.3 Å². The predicted octanol–water partition coefficient (Wildman–Crippen LogP) is 2.75. The molecular formula is C10H15O3P. The molecule has 0 aliphatic rings. The quantitative estimate of drug-likeness (QED) is 0.787. The van der Waals surface area contributed by atoms with E-state index >= 15 is 0 Å². The van der Waals surface area contributed by atoms with Crippen molar-refractivity contribution in [3.05, 3.63) is 35.9 Å². The number of hydrogen-bond donors (Lipinski definition) is 1. The Bertz CT molecular complexity index is 340. The molecule has 0 aliphatic carbocycles. The molecule has 14 heavy (non-hydrogen) atoms. The molecule has 0 saturated carbocycles. The summed E-state index contributed by atoms with van der Waals surface area (Å²) in [5.74, 6) is 0. The van der Waals surface area contributed by atoms with Gasteiger partial charge in [0, 0.05) is 6.66 Å². The van der Waals surface area contributed by atoms with E-state index in [1.165, 1.54) is 6.66 Å². The topological polar surface area (TPSA) is 46.5 Å². The van der Waals surface area contributed by atoms with Gasteiger partial charge in [-0.1, -0.05) is 30.3 Å². The van der Waals surface area contributed by atoms with E-state index in [1.54, 1.807) is 13.8 Å². The third-order valence-electron chi connectivity index (χ3n) is 1.87. The molecule has 0 bridgehead atoms. The summed E-state index contributed by atoms with van der Waals surface area (Å²) in [6.07, 6.45) is 0. The van der Waals surface area contributed by atoms with Gasteiger partial charge in [-0.15, -0.1) is 0 Å². The summed E-state index contributed by atoms with van der Waals surface area (Å²) in [6.45, 7) is 4.74. The van der Waals surface area contributed by atoms with Crippen molar-refractivity contribution in [2.45, 2.75) is 19.4 Å². The molecule has 1 rings (SSSR count). The van der Waals surface area contributed by atoms with E-state index in [-0.39, 0.29) is 0 Å². The van der Waals surface area contributed by atoms with Crippen molar-refractivity contribution >= 4 is 7.60 Å². The molecule has 1 aromatic rings. The van der Waals surface area contributed by atoms with Crippen LogP contribution < -0.4 is 0 Å². The molecule has 0 saturated heterocycles. The second-order valence-corrected chi connectivity index (χ2v) is 5.56. The second-order valence-electron chi connectivity index (χ2n) is 3.77. The van der Waals surface area contributed by atoms with Crippen molar-refractivity contribution < 1.29 is 14.0 Å². The van der Waals surface area contributed by atoms with E-state index in [9.17, 15) is 4.57 Å². The highest BCUT2D eigenvalue weighted by Crippen LogP contribution is 2.45. The smallest absolute Gasteiger partial charge is 0.324 e. The third-order valence-corrected chi connectivity index (χ3v) is 2.66. The van der Waals surface area contributed by atoms with Gasteiger partial charge in [0.05, 0.1) is 5.60 Å². The van der Waals surface area contributed by atoms with Gasteiger partial charge in [0.25, 0.3) is 0 Å². The van der Waals surface area contributed by atoms with Gasteiger partial charge in [-0.05, 0) is 19.4 Å². The molecule has 3 nitrogen and oxygen atoms in total. The van der Waals surface area contributed by atoms with Crippen LogP contribution in [0.3, 0.4) is 0 Å². The van der Waals surface area contributed by atoms with Crippen molar-refractivity contribution in [3.63, 3.8) is 0 Å². The molecule has 78 valence electrons. The minimum atomic E-state index is -3.45. The summed E-state index contributed by atoms with van der Waals surface area (Å²) in [5.41, 5.74) is 0.149. The first-order valence-corrected chi connectivity index (χ1v) is 6.40. The molecule has 0 fully saturated rings. The fourth-order valence-corrected chi connectivity index (χ4v) is 2.27. The first-order valence-electron chi connectivity index (χ1n) is 4.38. The highest BCUT2D eigenvalue weighted by Gasteiger charge is 2.28. The molecule has 0 spiro atoms. The van der Waals surface area contributed by atoms with Crippen LogP contribution in [-0.4, -0.2) is 11.6 Å². The first-order chi connectivity index (χ1) is 6.31. The Labute approximate surface area is 84.3 Å². The minimum Gasteiger partial charge on any atom is -0.324 e. The van der Waals surface area contributed by atoms with Crippen LogP contribution in [-0.2, 0) is 14.7 Å². The van der Waals surface area contributed by atoms with Crippen LogP contribution in [0, 0.1) is 0 Å². The maximum absolute atomic E-state index is 11.1. The summed E-state index contributed by atoms with van der Waals surface area (Å²) in [6, 6.07) is 9.38. The molecule has 0 radical (unpaired) electrons. The lowest BCUT2D eigenvalue weighted by atomic mass is 9.99. The molecule has 0 aromatic heterocycles. The lowest BCUT2D eigenvalue weighted by Crippen LogP contribution is -2.19. The van der Waals surface area contributed by atoms with E-state index in [2.05, 4.69) is 0 Å². The fraction of sp³-hybridized carbons (Fsp3) is 0.400. The van der Waals surface area contributed by atoms with Gasteiger partial charge in [0.2, 0.25) is 0 Å². The molecule has 1 aromatic carbocycles. The Morgan fingerprint density at radius 3 is 2.21 bits per heavy atom. The molecule has 0 heterocycles. The molecule has 1 atom stereocenters. The van der Waals surface area contributed by atoms with Gasteiger partial charge in [0.1, 0.15) is 0 Å². The highest BCUT2D eigenvalue weighted by atomic mass is 31.2. The van der Waals surface area contributed by atoms with Crippen LogP contribution in [0.4, 0.5) is 0 Å². The van der Waals surface area contributed by atoms with Crippen molar-refractivity contribution in [3.8, 4) is 0 Å². The zero-order chi connectivity index (χ0) is 10.8. The van der Waals surface area contributed by atoms with E-state index in [4.69, 9.17) is 9.42 Å². The van der Waals surface area contributed by atoms with Crippen LogP contribution in [0.2, 0.25) is 0 Å². The summed E-state index contributed by atoms with van der Waals surface area (Å²) in [7, 11) is -3.45. The van der Waals surface area contributed by atoms with Gasteiger partial charge < -0.3 is 4.89 Å². The van der Waals surface area contributed by atoms with Crippen LogP contribution >= 0.6 is 7.60 Å². The summed E-state index contributed by atoms with van der Waals surface area (Å²) >= 11 is 0. The largest absolute Gasteiger partial charge is 0.325 e. The normalized spacial score (nSPS) is 16.3. The maximum atomic E-state index is 11.1. The maximum Gasteiger partial charge on any atom is 0.325 e. The van der Waals surface area contributed by atoms with Crippen molar-refractivity contribution in [1.82, 2.24) is 0 Å². The standard InChI is InChI=1S/C10H15O3P/c1-10(2,13-14(3,11)12)9-7-5-4-6-8-9/h4-8H,1-3H3,(H,11,12). The lowest BCUT2D eigenvalue weighted by Gasteiger charge is -2.26. The van der Waals surface area contributed by atoms with Crippen molar-refractivity contribution in [1.29, 1.82) is 0 Å². The molecule has 0 amide bonds. The van der Waals surface area contributed by atoms with Gasteiger partial charge in [-0.3, -0.25) is 9.09 Å². The van der Waals surface area contributed by atoms with Gasteiger partial charge in [-0.2, -0.15) is 0 Å². The first kappa shape index (κ1) is 11.4. The monoisotopic (exact) mass is 214 g/mol. The van der Waals surface area contributed by atoms with Crippen molar-refractivity contribution in [2.75, 3.05) is 6.66 Å². The molecule has 1 unspecified atom stereocenters. The zero-order valence-corrected chi connectivity index (χ0v) is 9.49. The van der Waals surface area contributed by atoms with E-state index < -0.39 is 13.2 Å². The van der Waals surface area contributed by atoms with Crippen LogP contribution in [0.25, 0.3) is 0 Å². The zero-order valence-electron chi connectivity index (χ0n) is 8.60. The van der Waals surface area contributed by atoms with E-state index in [1.807, 2.05) is 30.3 Å². The summed E-state index contributed by atoms with van der Waals surface area (Å²) in [5, 5.41) is 0. The Kier molecular flexibility index (Phi) is 3.15. The average Bonchev–Trinajstić information content (AvgIpc) is 2.01. The minimum absolute atomic E-state index is 0.736. The Morgan fingerprint density at radius 2 is 1.79 bits per heavy atom. The summed E-state index contributed by atoms with van der Waals surface area (Å²) < 4.78 is 16.3. The number of hydrogen-bond acceptors (Lipinski definition) is 2. The second kappa shape index (κ2) is 3.85. The van der Waals surface area contributed by atoms with Crippen LogP contribution in [0.5, 0.6) is 0 Å². The third kappa shape index (κ3) is 3.26. The summed E-state index contributed by atoms with van der Waals surface area (Å²) in [4.78, 5) is 9.15. The van der Waals surface area contributed by atoms with Crippen LogP contribution in [0.1, 0.15) is 19.4 Å². The van der Waals surface area contributed by atoms with Crippen molar-refractivity contribution in [2.24, 2.45) is 0 Å². The Morgan fingerprint density at radius 1 is 1.29 bits per heavy atom. The number of rotatable bonds is 3. The van der Waals surface area contributed by atoms with E-state index in [0.29, 0.717) is 0 Å². The molecular weight excluding hydrogens is 199 g/mol. The van der Waals surface area contributed by atoms with E-state index in [0.717, 1.165) is 5.56 Å². The Hall–Kier alpha value is -0.630. The average molecular weight is 214 g/mol. The SMILES string of the molecule is CC(C)(OP(C)(=O)O)c1ccccc1. The fourth-order valence-electron chi connectivity index (χ4n) is 1.32. The van der Waals surface area contributed by atoms with Gasteiger partial charge >= 0.3 is 7.60 Å². The predicted molar refractivity (Wildman–Crippen MR) is 56.3 cm³/mol. The molecule has 4 heteroatoms.